The van der Waals surface area contributed by atoms with E-state index in [0.717, 1.165) is 0 Å². The molecule has 0 saturated heterocycles. The molecular weight excluding hydrogens is 216 g/mol. The predicted molar refractivity (Wildman–Crippen MR) is 54.6 cm³/mol. The fourth-order valence-electron chi connectivity index (χ4n) is 0.967. The molecule has 7 nitrogen and oxygen atoms in total. The molecular formula is C9H12N2O5. The molecule has 0 aliphatic carbocycles. The van der Waals surface area contributed by atoms with Crippen molar-refractivity contribution in [2.24, 2.45) is 0 Å². The molecule has 1 aromatic rings. The van der Waals surface area contributed by atoms with Crippen LogP contribution in [-0.4, -0.2) is 26.4 Å². The molecule has 0 fully saturated rings. The van der Waals surface area contributed by atoms with E-state index in [2.05, 4.69) is 0 Å². The van der Waals surface area contributed by atoms with Gasteiger partial charge in [-0.1, -0.05) is 0 Å². The van der Waals surface area contributed by atoms with Crippen molar-refractivity contribution in [3.63, 3.8) is 0 Å². The molecule has 16 heavy (non-hydrogen) atoms. The molecule has 0 spiro atoms. The highest BCUT2D eigenvalue weighted by Crippen LogP contribution is 2.10. The number of carbonyl (C=O) groups excluding carboxylic acids is 1. The minimum atomic E-state index is -1.05. The topological polar surface area (TPSA) is 101 Å². The van der Waals surface area contributed by atoms with E-state index >= 15 is 0 Å². The first kappa shape index (κ1) is 12.0. The molecule has 1 aromatic heterocycles. The molecule has 1 heterocycles. The summed E-state index contributed by atoms with van der Waals surface area (Å²) in [5.41, 5.74) is -2.64. The van der Waals surface area contributed by atoms with Crippen LogP contribution in [0, 0.1) is 0 Å². The van der Waals surface area contributed by atoms with Crippen LogP contribution in [0.5, 0.6) is 5.88 Å². The number of nitrogens with zero attached hydrogens (tertiary/aromatic N) is 1. The summed E-state index contributed by atoms with van der Waals surface area (Å²) in [6.45, 7) is 4.83. The van der Waals surface area contributed by atoms with E-state index in [9.17, 15) is 19.5 Å². The van der Waals surface area contributed by atoms with Crippen molar-refractivity contribution in [2.75, 3.05) is 0 Å². The van der Waals surface area contributed by atoms with Crippen molar-refractivity contribution >= 4 is 6.09 Å². The molecule has 0 aliphatic heterocycles. The van der Waals surface area contributed by atoms with Gasteiger partial charge in [0.25, 0.3) is 5.56 Å². The second-order valence-corrected chi connectivity index (χ2v) is 4.11. The largest absolute Gasteiger partial charge is 0.494 e. The number of carbonyl (C=O) groups is 1. The van der Waals surface area contributed by atoms with Crippen LogP contribution in [0.3, 0.4) is 0 Å². The van der Waals surface area contributed by atoms with Crippen LogP contribution in [0.1, 0.15) is 20.8 Å². The van der Waals surface area contributed by atoms with Gasteiger partial charge in [-0.05, 0) is 20.8 Å². The van der Waals surface area contributed by atoms with Gasteiger partial charge in [0.15, 0.2) is 0 Å². The molecule has 88 valence electrons. The number of aromatic hydroxyl groups is 1. The van der Waals surface area contributed by atoms with E-state index in [1.165, 1.54) is 0 Å². The van der Waals surface area contributed by atoms with Crippen LogP contribution in [0.15, 0.2) is 15.7 Å². The number of hydrogen-bond acceptors (Lipinski definition) is 5. The van der Waals surface area contributed by atoms with Gasteiger partial charge in [-0.3, -0.25) is 9.78 Å². The summed E-state index contributed by atoms with van der Waals surface area (Å²) in [4.78, 5) is 35.3. The van der Waals surface area contributed by atoms with Crippen molar-refractivity contribution < 1.29 is 14.6 Å². The van der Waals surface area contributed by atoms with Gasteiger partial charge in [-0.2, -0.15) is 4.57 Å². The molecule has 0 aliphatic rings. The lowest BCUT2D eigenvalue weighted by molar-refractivity contribution is 0.0515. The highest BCUT2D eigenvalue weighted by atomic mass is 16.6. The van der Waals surface area contributed by atoms with Gasteiger partial charge in [0, 0.05) is 0 Å². The Morgan fingerprint density at radius 1 is 1.44 bits per heavy atom. The Labute approximate surface area is 90.3 Å². The van der Waals surface area contributed by atoms with Crippen LogP contribution in [0.4, 0.5) is 4.79 Å². The van der Waals surface area contributed by atoms with E-state index in [0.29, 0.717) is 10.6 Å². The van der Waals surface area contributed by atoms with Crippen LogP contribution in [0.2, 0.25) is 0 Å². The van der Waals surface area contributed by atoms with Gasteiger partial charge >= 0.3 is 11.8 Å². The summed E-state index contributed by atoms with van der Waals surface area (Å²) in [5, 5.41) is 9.28. The molecule has 1 rings (SSSR count). The van der Waals surface area contributed by atoms with Gasteiger partial charge < -0.3 is 9.84 Å². The van der Waals surface area contributed by atoms with Gasteiger partial charge in [0.05, 0.1) is 6.07 Å². The Balaban J connectivity index is 3.20. The van der Waals surface area contributed by atoms with E-state index in [1.54, 1.807) is 20.8 Å². The smallest absolute Gasteiger partial charge is 0.425 e. The number of aromatic amines is 1. The number of nitrogens with one attached hydrogen (secondary N) is 1. The fraction of sp³-hybridized carbons (Fsp3) is 0.444. The SMILES string of the molecule is CC(C)(C)OC(=O)n1c(O)cc(=O)[nH]c1=O. The van der Waals surface area contributed by atoms with E-state index in [-0.39, 0.29) is 0 Å². The normalized spacial score (nSPS) is 11.2. The van der Waals surface area contributed by atoms with E-state index < -0.39 is 28.8 Å². The van der Waals surface area contributed by atoms with Gasteiger partial charge in [-0.25, -0.2) is 9.59 Å². The van der Waals surface area contributed by atoms with Crippen molar-refractivity contribution in [3.8, 4) is 5.88 Å². The average molecular weight is 228 g/mol. The van der Waals surface area contributed by atoms with Gasteiger partial charge in [0.2, 0.25) is 5.88 Å². The first-order valence-corrected chi connectivity index (χ1v) is 4.49. The van der Waals surface area contributed by atoms with Crippen molar-refractivity contribution in [2.45, 2.75) is 26.4 Å². The highest BCUT2D eigenvalue weighted by molar-refractivity contribution is 5.72. The van der Waals surface area contributed by atoms with Crippen LogP contribution >= 0.6 is 0 Å². The maximum atomic E-state index is 11.5. The van der Waals surface area contributed by atoms with Crippen molar-refractivity contribution in [3.05, 3.63) is 26.9 Å². The molecule has 7 heteroatoms. The number of aromatic nitrogens is 2. The zero-order valence-corrected chi connectivity index (χ0v) is 9.10. The summed E-state index contributed by atoms with van der Waals surface area (Å²) >= 11 is 0. The Morgan fingerprint density at radius 2 is 2.00 bits per heavy atom. The average Bonchev–Trinajstić information content (AvgIpc) is 1.96. The molecule has 0 aromatic carbocycles. The molecule has 2 N–H and O–H groups in total. The second-order valence-electron chi connectivity index (χ2n) is 4.11. The van der Waals surface area contributed by atoms with Crippen molar-refractivity contribution in [1.82, 2.24) is 9.55 Å². The Kier molecular flexibility index (Phi) is 2.88. The summed E-state index contributed by atoms with van der Waals surface area (Å²) in [5.74, 6) is -0.761. The van der Waals surface area contributed by atoms with Crippen LogP contribution < -0.4 is 11.2 Å². The molecule has 0 unspecified atom stereocenters. The van der Waals surface area contributed by atoms with E-state index in [4.69, 9.17) is 4.74 Å². The Bertz CT molecular complexity index is 520. The van der Waals surface area contributed by atoms with Crippen LogP contribution in [0.25, 0.3) is 0 Å². The van der Waals surface area contributed by atoms with Crippen molar-refractivity contribution in [1.29, 1.82) is 0 Å². The Hall–Kier alpha value is -2.05. The molecule has 0 bridgehead atoms. The third-order valence-electron chi connectivity index (χ3n) is 1.50. The predicted octanol–water partition coefficient (Wildman–Crippen LogP) is 0.0254. The number of rotatable bonds is 0. The third kappa shape index (κ3) is 2.72. The summed E-state index contributed by atoms with van der Waals surface area (Å²) in [6.07, 6.45) is -1.05. The highest BCUT2D eigenvalue weighted by Gasteiger charge is 2.21. The van der Waals surface area contributed by atoms with E-state index in [1.807, 2.05) is 4.98 Å². The minimum absolute atomic E-state index is 0.340. The summed E-state index contributed by atoms with van der Waals surface area (Å²) in [7, 11) is 0. The third-order valence-corrected chi connectivity index (χ3v) is 1.50. The lowest BCUT2D eigenvalue weighted by Crippen LogP contribution is -2.37. The lowest BCUT2D eigenvalue weighted by atomic mass is 10.2. The summed E-state index contributed by atoms with van der Waals surface area (Å²) < 4.78 is 5.21. The molecule has 0 saturated carbocycles. The number of hydrogen-bond donors (Lipinski definition) is 2. The quantitative estimate of drug-likeness (QED) is 0.652. The zero-order chi connectivity index (χ0) is 12.5. The first-order chi connectivity index (χ1) is 7.20. The molecule has 0 atom stereocenters. The monoisotopic (exact) mass is 228 g/mol. The standard InChI is InChI=1S/C9H12N2O5/c1-9(2,3)16-8(15)11-6(13)4-5(12)10-7(11)14/h4,13H,1-3H3,(H,10,12,14). The second kappa shape index (κ2) is 3.84. The first-order valence-electron chi connectivity index (χ1n) is 4.49. The van der Waals surface area contributed by atoms with Gasteiger partial charge in [-0.15, -0.1) is 0 Å². The molecule has 0 radical (unpaired) electrons. The fourth-order valence-corrected chi connectivity index (χ4v) is 0.967. The minimum Gasteiger partial charge on any atom is -0.494 e. The molecule has 0 amide bonds. The summed E-state index contributed by atoms with van der Waals surface area (Å²) in [6, 6.07) is 0.714. The lowest BCUT2D eigenvalue weighted by Gasteiger charge is -2.19. The zero-order valence-electron chi connectivity index (χ0n) is 9.10. The number of ether oxygens (including phenoxy) is 1. The maximum Gasteiger partial charge on any atom is 0.425 e. The number of H-pyrrole nitrogens is 1. The van der Waals surface area contributed by atoms with Gasteiger partial charge in [0.1, 0.15) is 5.60 Å². The maximum absolute atomic E-state index is 11.5. The Morgan fingerprint density at radius 3 is 2.44 bits per heavy atom. The van der Waals surface area contributed by atoms with Crippen LogP contribution in [-0.2, 0) is 4.74 Å².